The number of fused-ring (bicyclic) bond motifs is 5. The summed E-state index contributed by atoms with van der Waals surface area (Å²) in [7, 11) is 11.3. The molecule has 244 valence electrons. The molecular weight excluding hydrogens is 529 g/mol. The number of unbranched alkanes of at least 4 members (excludes halogenated alkanes) is 2. The second kappa shape index (κ2) is 16.6. The molecule has 0 aliphatic heterocycles. The van der Waals surface area contributed by atoms with Gasteiger partial charge in [-0.2, -0.15) is 0 Å². The van der Waals surface area contributed by atoms with E-state index in [1.807, 2.05) is 26.0 Å². The highest BCUT2D eigenvalue weighted by Gasteiger charge is 2.57. The zero-order chi connectivity index (χ0) is 31.8. The van der Waals surface area contributed by atoms with E-state index in [2.05, 4.69) is 40.7 Å². The van der Waals surface area contributed by atoms with Crippen LogP contribution in [-0.2, 0) is 14.3 Å². The first-order chi connectivity index (χ1) is 20.3. The first-order valence-corrected chi connectivity index (χ1v) is 18.0. The van der Waals surface area contributed by atoms with E-state index >= 15 is 0 Å². The Bertz CT molecular complexity index is 927. The molecule has 0 aromatic heterocycles. The van der Waals surface area contributed by atoms with Gasteiger partial charge in [-0.25, -0.2) is 0 Å². The van der Waals surface area contributed by atoms with Crippen LogP contribution in [0.3, 0.4) is 0 Å². The largest absolute Gasteiger partial charge is 0.378 e. The Balaban J connectivity index is 0.00000119. The average molecular weight is 596 g/mol. The summed E-state index contributed by atoms with van der Waals surface area (Å²) in [5, 5.41) is 0. The number of carbonyl (C=O) groups is 2. The highest BCUT2D eigenvalue weighted by Crippen LogP contribution is 2.66. The highest BCUT2D eigenvalue weighted by molar-refractivity contribution is 6.44. The number of ketones is 2. The molecule has 43 heavy (non-hydrogen) atoms. The summed E-state index contributed by atoms with van der Waals surface area (Å²) < 4.78 is 6.35. The lowest BCUT2D eigenvalue weighted by molar-refractivity contribution is -0.135. The summed E-state index contributed by atoms with van der Waals surface area (Å²) >= 11 is 0. The van der Waals surface area contributed by atoms with Gasteiger partial charge in [-0.3, -0.25) is 9.59 Å². The quantitative estimate of drug-likeness (QED) is 0.0871. The minimum absolute atomic E-state index is 0.168. The van der Waals surface area contributed by atoms with Gasteiger partial charge in [0.25, 0.3) is 0 Å². The lowest BCUT2D eigenvalue weighted by Crippen LogP contribution is -2.49. The molecule has 0 bridgehead atoms. The van der Waals surface area contributed by atoms with Crippen molar-refractivity contribution >= 4 is 19.4 Å². The molecule has 2 radical (unpaired) electrons. The molecular formula is C38H66BNO3. The van der Waals surface area contributed by atoms with E-state index in [-0.39, 0.29) is 12.1 Å². The second-order valence-corrected chi connectivity index (χ2v) is 16.4. The van der Waals surface area contributed by atoms with Gasteiger partial charge in [-0.05, 0) is 138 Å². The first kappa shape index (κ1) is 36.5. The molecule has 3 fully saturated rings. The van der Waals surface area contributed by atoms with Crippen molar-refractivity contribution in [3.05, 3.63) is 11.6 Å². The molecule has 3 saturated carbocycles. The molecule has 8 atom stereocenters. The third-order valence-corrected chi connectivity index (χ3v) is 12.0. The van der Waals surface area contributed by atoms with Crippen molar-refractivity contribution in [2.45, 2.75) is 143 Å². The lowest BCUT2D eigenvalue weighted by atomic mass is 9.48. The third kappa shape index (κ3) is 9.78. The molecule has 0 aromatic rings. The number of hydrogen-bond acceptors (Lipinski definition) is 4. The van der Waals surface area contributed by atoms with Crippen LogP contribution in [0.2, 0.25) is 6.32 Å². The maximum Gasteiger partial charge on any atom is 0.197 e. The summed E-state index contributed by atoms with van der Waals surface area (Å²) in [6.07, 6.45) is 20.7. The van der Waals surface area contributed by atoms with E-state index in [0.29, 0.717) is 23.4 Å². The van der Waals surface area contributed by atoms with Gasteiger partial charge >= 0.3 is 0 Å². The van der Waals surface area contributed by atoms with Crippen LogP contribution in [0.25, 0.3) is 0 Å². The van der Waals surface area contributed by atoms with Crippen molar-refractivity contribution < 1.29 is 14.3 Å². The van der Waals surface area contributed by atoms with Crippen LogP contribution < -0.4 is 0 Å². The molecule has 0 spiro atoms. The van der Waals surface area contributed by atoms with Crippen LogP contribution in [0.5, 0.6) is 0 Å². The Kier molecular flexibility index (Phi) is 14.1. The average Bonchev–Trinajstić information content (AvgIpc) is 3.31. The second-order valence-electron chi connectivity index (χ2n) is 16.4. The van der Waals surface area contributed by atoms with Gasteiger partial charge in [-0.1, -0.05) is 72.0 Å². The van der Waals surface area contributed by atoms with Gasteiger partial charge in [0.1, 0.15) is 0 Å². The molecule has 2 unspecified atom stereocenters. The summed E-state index contributed by atoms with van der Waals surface area (Å²) in [6.45, 7) is 13.3. The molecule has 4 aliphatic carbocycles. The summed E-state index contributed by atoms with van der Waals surface area (Å²) in [5.41, 5.74) is 2.65. The Morgan fingerprint density at radius 3 is 2.37 bits per heavy atom. The minimum Gasteiger partial charge on any atom is -0.378 e. The van der Waals surface area contributed by atoms with Gasteiger partial charge < -0.3 is 9.64 Å². The fourth-order valence-electron chi connectivity index (χ4n) is 9.47. The summed E-state index contributed by atoms with van der Waals surface area (Å²) in [4.78, 5) is 25.0. The van der Waals surface area contributed by atoms with E-state index in [1.54, 1.807) is 5.57 Å². The zero-order valence-corrected chi connectivity index (χ0v) is 29.4. The van der Waals surface area contributed by atoms with Gasteiger partial charge in [0.15, 0.2) is 11.6 Å². The zero-order valence-electron chi connectivity index (χ0n) is 29.4. The van der Waals surface area contributed by atoms with Crippen molar-refractivity contribution in [1.82, 2.24) is 4.90 Å². The van der Waals surface area contributed by atoms with E-state index in [4.69, 9.17) is 12.6 Å². The number of ether oxygens (including phenoxy) is 1. The fraction of sp³-hybridized carbons (Fsp3) is 0.895. The number of hydrogen-bond donors (Lipinski definition) is 0. The number of rotatable bonds is 14. The molecule has 0 heterocycles. The topological polar surface area (TPSA) is 46.6 Å². The maximum atomic E-state index is 11.6. The lowest BCUT2D eigenvalue weighted by Gasteiger charge is -2.57. The minimum atomic E-state index is -0.443. The van der Waals surface area contributed by atoms with Crippen LogP contribution in [0, 0.1) is 46.3 Å². The normalized spacial score (nSPS) is 34.0. The molecule has 0 saturated heterocycles. The molecule has 4 rings (SSSR count). The van der Waals surface area contributed by atoms with Crippen molar-refractivity contribution in [3.8, 4) is 0 Å². The van der Waals surface area contributed by atoms with Crippen molar-refractivity contribution in [1.29, 1.82) is 0 Å². The smallest absolute Gasteiger partial charge is 0.197 e. The SMILES string of the molecule is CN(C)C.[B]CC(=O)C(=O)CCCCCO[C@@H]1CC[C@@]2(C)C(=CC[C@H]3C4CC([C@H](C)CCCC(C)C)C[C@@]4(C)CC[C@@H]32)C1. The summed E-state index contributed by atoms with van der Waals surface area (Å²) in [6, 6.07) is 0. The van der Waals surface area contributed by atoms with Crippen molar-refractivity contribution in [2.75, 3.05) is 27.7 Å². The monoisotopic (exact) mass is 596 g/mol. The molecule has 5 heteroatoms. The Hall–Kier alpha value is -0.935. The van der Waals surface area contributed by atoms with E-state index in [0.717, 1.165) is 67.8 Å². The van der Waals surface area contributed by atoms with Crippen molar-refractivity contribution in [3.63, 3.8) is 0 Å². The molecule has 0 amide bonds. The van der Waals surface area contributed by atoms with Crippen LogP contribution in [0.1, 0.15) is 131 Å². The van der Waals surface area contributed by atoms with Gasteiger partial charge in [0.05, 0.1) is 14.0 Å². The van der Waals surface area contributed by atoms with Gasteiger partial charge in [0, 0.05) is 13.0 Å². The Morgan fingerprint density at radius 1 is 0.977 bits per heavy atom. The van der Waals surface area contributed by atoms with Gasteiger partial charge in [-0.15, -0.1) is 0 Å². The summed E-state index contributed by atoms with van der Waals surface area (Å²) in [5.74, 6) is 4.56. The van der Waals surface area contributed by atoms with Crippen LogP contribution in [0.4, 0.5) is 0 Å². The standard InChI is InChI=1S/C35H57BO3.C3H9N/c1-24(2)10-9-11-25(3)26-20-31-29-14-13-27-21-28(39-19-8-6-7-12-32(37)33(38)23-36)15-18-35(27,5)30(29)16-17-34(31,4)22-26;1-4(2)3/h13,24-26,28-31H,6-12,14-23H2,1-5H3;1-3H3/t25-,26?,28-,29-,30+,31?,34-,35+;/m1./s1. The van der Waals surface area contributed by atoms with Crippen LogP contribution >= 0.6 is 0 Å². The number of carbonyl (C=O) groups excluding carboxylic acids is 2. The van der Waals surface area contributed by atoms with Crippen molar-refractivity contribution in [2.24, 2.45) is 46.3 Å². The Morgan fingerprint density at radius 2 is 1.70 bits per heavy atom. The number of Topliss-reactive ketones (excluding diaryl/α,β-unsaturated/α-hetero) is 2. The molecule has 0 aromatic carbocycles. The molecule has 4 nitrogen and oxygen atoms in total. The van der Waals surface area contributed by atoms with E-state index < -0.39 is 5.78 Å². The predicted molar refractivity (Wildman–Crippen MR) is 181 cm³/mol. The van der Waals surface area contributed by atoms with Gasteiger partial charge in [0.2, 0.25) is 0 Å². The molecule has 4 aliphatic rings. The Labute approximate surface area is 267 Å². The highest BCUT2D eigenvalue weighted by atomic mass is 16.5. The van der Waals surface area contributed by atoms with E-state index in [9.17, 15) is 9.59 Å². The maximum absolute atomic E-state index is 11.6. The molecule has 0 N–H and O–H groups in total. The van der Waals surface area contributed by atoms with E-state index in [1.165, 1.54) is 64.2 Å². The van der Waals surface area contributed by atoms with Crippen LogP contribution in [-0.4, -0.2) is 58.2 Å². The number of allylic oxidation sites excluding steroid dienone is 1. The third-order valence-electron chi connectivity index (χ3n) is 12.0. The fourth-order valence-corrected chi connectivity index (χ4v) is 9.47. The van der Waals surface area contributed by atoms with Crippen LogP contribution in [0.15, 0.2) is 11.6 Å². The first-order valence-electron chi connectivity index (χ1n) is 18.0. The number of nitrogens with zero attached hydrogens (tertiary/aromatic N) is 1. The predicted octanol–water partition coefficient (Wildman–Crippen LogP) is 8.88.